The molecule has 0 saturated carbocycles. The number of amides is 3. The fourth-order valence-electron chi connectivity index (χ4n) is 1.48. The monoisotopic (exact) mass is 244 g/mol. The van der Waals surface area contributed by atoms with Crippen molar-refractivity contribution in [2.24, 2.45) is 0 Å². The zero-order valence-corrected chi connectivity index (χ0v) is 8.41. The van der Waals surface area contributed by atoms with Gasteiger partial charge in [-0.25, -0.2) is 9.69 Å². The summed E-state index contributed by atoms with van der Waals surface area (Å²) in [6.45, 7) is -0.139. The largest absolute Gasteiger partial charge is 0.416 e. The van der Waals surface area contributed by atoms with E-state index in [4.69, 9.17) is 0 Å². The molecule has 1 aromatic carbocycles. The van der Waals surface area contributed by atoms with Crippen molar-refractivity contribution < 1.29 is 22.8 Å². The molecular weight excluding hydrogens is 237 g/mol. The third-order valence-corrected chi connectivity index (χ3v) is 2.30. The summed E-state index contributed by atoms with van der Waals surface area (Å²) in [6, 6.07) is 3.20. The first-order chi connectivity index (χ1) is 7.89. The van der Waals surface area contributed by atoms with E-state index in [0.717, 1.165) is 29.2 Å². The van der Waals surface area contributed by atoms with Crippen molar-refractivity contribution in [2.75, 3.05) is 11.4 Å². The number of carbonyl (C=O) groups excluding carboxylic acids is 2. The Balaban J connectivity index is 2.30. The maximum Gasteiger partial charge on any atom is 0.416 e. The Bertz CT molecular complexity index is 451. The van der Waals surface area contributed by atoms with Gasteiger partial charge >= 0.3 is 12.2 Å². The van der Waals surface area contributed by atoms with Gasteiger partial charge in [0.2, 0.25) is 0 Å². The molecule has 0 radical (unpaired) electrons. The van der Waals surface area contributed by atoms with Crippen molar-refractivity contribution in [3.8, 4) is 0 Å². The van der Waals surface area contributed by atoms with E-state index in [2.05, 4.69) is 5.32 Å². The molecule has 1 N–H and O–H groups in total. The van der Waals surface area contributed by atoms with Gasteiger partial charge in [-0.2, -0.15) is 13.2 Å². The molecule has 1 aliphatic rings. The van der Waals surface area contributed by atoms with Crippen LogP contribution in [0.1, 0.15) is 5.56 Å². The minimum absolute atomic E-state index is 0.123. The van der Waals surface area contributed by atoms with Crippen molar-refractivity contribution in [1.29, 1.82) is 0 Å². The van der Waals surface area contributed by atoms with Gasteiger partial charge < -0.3 is 5.32 Å². The lowest BCUT2D eigenvalue weighted by atomic mass is 10.2. The number of anilines is 1. The van der Waals surface area contributed by atoms with Crippen LogP contribution in [-0.4, -0.2) is 18.5 Å². The molecular formula is C10H7F3N2O2. The van der Waals surface area contributed by atoms with E-state index in [9.17, 15) is 22.8 Å². The summed E-state index contributed by atoms with van der Waals surface area (Å²) >= 11 is 0. The topological polar surface area (TPSA) is 49.4 Å². The molecule has 0 unspecified atom stereocenters. The first-order valence-electron chi connectivity index (χ1n) is 4.67. The Hall–Kier alpha value is -2.05. The Kier molecular flexibility index (Phi) is 2.53. The lowest BCUT2D eigenvalue weighted by molar-refractivity contribution is -0.137. The highest BCUT2D eigenvalue weighted by Gasteiger charge is 2.32. The highest BCUT2D eigenvalue weighted by atomic mass is 19.4. The van der Waals surface area contributed by atoms with E-state index in [1.807, 2.05) is 0 Å². The summed E-state index contributed by atoms with van der Waals surface area (Å²) in [5.41, 5.74) is -0.702. The average Bonchev–Trinajstić information content (AvgIpc) is 2.58. The van der Waals surface area contributed by atoms with Crippen LogP contribution in [0.5, 0.6) is 0 Å². The first kappa shape index (κ1) is 11.4. The predicted octanol–water partition coefficient (Wildman–Crippen LogP) is 1.76. The maximum atomic E-state index is 12.3. The first-order valence-corrected chi connectivity index (χ1v) is 4.67. The average molecular weight is 244 g/mol. The zero-order valence-electron chi connectivity index (χ0n) is 8.41. The predicted molar refractivity (Wildman–Crippen MR) is 52.3 cm³/mol. The number of nitrogens with zero attached hydrogens (tertiary/aromatic N) is 1. The van der Waals surface area contributed by atoms with Gasteiger partial charge in [0.25, 0.3) is 5.91 Å². The van der Waals surface area contributed by atoms with Crippen LogP contribution in [0.3, 0.4) is 0 Å². The fraction of sp³-hybridized carbons (Fsp3) is 0.200. The smallest absolute Gasteiger partial charge is 0.328 e. The highest BCUT2D eigenvalue weighted by Crippen LogP contribution is 2.30. The number of hydrogen-bond donors (Lipinski definition) is 1. The van der Waals surface area contributed by atoms with E-state index in [0.29, 0.717) is 0 Å². The van der Waals surface area contributed by atoms with Crippen LogP contribution in [0.4, 0.5) is 23.7 Å². The molecule has 2 rings (SSSR count). The van der Waals surface area contributed by atoms with Crippen molar-refractivity contribution >= 4 is 17.6 Å². The van der Waals surface area contributed by atoms with E-state index in [1.54, 1.807) is 0 Å². The molecule has 0 spiro atoms. The molecule has 1 heterocycles. The Morgan fingerprint density at radius 2 is 1.71 bits per heavy atom. The van der Waals surface area contributed by atoms with Crippen molar-refractivity contribution in [3.63, 3.8) is 0 Å². The molecule has 0 atom stereocenters. The molecule has 1 fully saturated rings. The van der Waals surface area contributed by atoms with Gasteiger partial charge in [-0.1, -0.05) is 0 Å². The molecule has 7 heteroatoms. The quantitative estimate of drug-likeness (QED) is 0.765. The lowest BCUT2D eigenvalue weighted by Gasteiger charge is -2.13. The third kappa shape index (κ3) is 2.08. The number of carbonyl (C=O) groups is 2. The van der Waals surface area contributed by atoms with Crippen LogP contribution in [0.15, 0.2) is 24.3 Å². The molecule has 1 aromatic rings. The summed E-state index contributed by atoms with van der Waals surface area (Å²) in [4.78, 5) is 23.3. The maximum absolute atomic E-state index is 12.3. The van der Waals surface area contributed by atoms with Gasteiger partial charge in [-0.3, -0.25) is 4.79 Å². The van der Waals surface area contributed by atoms with Gasteiger partial charge in [-0.05, 0) is 24.3 Å². The van der Waals surface area contributed by atoms with Crippen molar-refractivity contribution in [1.82, 2.24) is 5.32 Å². The Morgan fingerprint density at radius 1 is 1.12 bits per heavy atom. The van der Waals surface area contributed by atoms with Crippen LogP contribution >= 0.6 is 0 Å². The third-order valence-electron chi connectivity index (χ3n) is 2.30. The van der Waals surface area contributed by atoms with Gasteiger partial charge in [0.1, 0.15) is 0 Å². The van der Waals surface area contributed by atoms with E-state index in [1.165, 1.54) is 0 Å². The highest BCUT2D eigenvalue weighted by molar-refractivity contribution is 6.19. The van der Waals surface area contributed by atoms with Gasteiger partial charge in [0, 0.05) is 0 Å². The van der Waals surface area contributed by atoms with E-state index in [-0.39, 0.29) is 12.2 Å². The SMILES string of the molecule is O=C1CNC(=O)N1c1ccc(C(F)(F)F)cc1. The summed E-state index contributed by atoms with van der Waals surface area (Å²) < 4.78 is 36.9. The summed E-state index contributed by atoms with van der Waals surface area (Å²) in [7, 11) is 0. The second kappa shape index (κ2) is 3.76. The molecule has 3 amide bonds. The van der Waals surface area contributed by atoms with Crippen molar-refractivity contribution in [3.05, 3.63) is 29.8 Å². The minimum Gasteiger partial charge on any atom is -0.328 e. The van der Waals surface area contributed by atoms with Crippen LogP contribution < -0.4 is 10.2 Å². The summed E-state index contributed by atoms with van der Waals surface area (Å²) in [5.74, 6) is -0.491. The van der Waals surface area contributed by atoms with Crippen LogP contribution in [0, 0.1) is 0 Å². The fourth-order valence-corrected chi connectivity index (χ4v) is 1.48. The summed E-state index contributed by atoms with van der Waals surface area (Å²) in [5, 5.41) is 2.28. The molecule has 0 bridgehead atoms. The lowest BCUT2D eigenvalue weighted by Crippen LogP contribution is -2.30. The zero-order chi connectivity index (χ0) is 12.6. The molecule has 90 valence electrons. The van der Waals surface area contributed by atoms with Gasteiger partial charge in [0.15, 0.2) is 0 Å². The Labute approximate surface area is 94.0 Å². The number of halogens is 3. The second-order valence-corrected chi connectivity index (χ2v) is 3.43. The number of alkyl halides is 3. The number of benzene rings is 1. The molecule has 1 aliphatic heterocycles. The van der Waals surface area contributed by atoms with E-state index >= 15 is 0 Å². The molecule has 1 saturated heterocycles. The van der Waals surface area contributed by atoms with Crippen LogP contribution in [0.2, 0.25) is 0 Å². The van der Waals surface area contributed by atoms with Crippen LogP contribution in [-0.2, 0) is 11.0 Å². The van der Waals surface area contributed by atoms with Crippen molar-refractivity contribution in [2.45, 2.75) is 6.18 Å². The number of imide groups is 1. The van der Waals surface area contributed by atoms with E-state index < -0.39 is 23.7 Å². The molecule has 0 aliphatic carbocycles. The van der Waals surface area contributed by atoms with Gasteiger partial charge in [-0.15, -0.1) is 0 Å². The number of urea groups is 1. The van der Waals surface area contributed by atoms with Gasteiger partial charge in [0.05, 0.1) is 17.8 Å². The van der Waals surface area contributed by atoms with Crippen LogP contribution in [0.25, 0.3) is 0 Å². The summed E-state index contributed by atoms with van der Waals surface area (Å²) in [6.07, 6.45) is -4.43. The normalized spacial score (nSPS) is 16.3. The minimum atomic E-state index is -4.43. The molecule has 17 heavy (non-hydrogen) atoms. The number of rotatable bonds is 1. The second-order valence-electron chi connectivity index (χ2n) is 3.43. The number of nitrogens with one attached hydrogen (secondary N) is 1. The number of hydrogen-bond acceptors (Lipinski definition) is 2. The molecule has 4 nitrogen and oxygen atoms in total. The molecule has 0 aromatic heterocycles. The Morgan fingerprint density at radius 3 is 2.12 bits per heavy atom. The standard InChI is InChI=1S/C10H7F3N2O2/c11-10(12,13)6-1-3-7(4-2-6)15-8(16)5-14-9(15)17/h1-4H,5H2,(H,14,17).